The van der Waals surface area contributed by atoms with Gasteiger partial charge in [-0.1, -0.05) is 26.0 Å². The highest BCUT2D eigenvalue weighted by molar-refractivity contribution is 5.96. The molecule has 0 aliphatic rings. The number of methoxy groups -OCH3 is 1. The Morgan fingerprint density at radius 2 is 1.77 bits per heavy atom. The van der Waals surface area contributed by atoms with E-state index < -0.39 is 35.9 Å². The van der Waals surface area contributed by atoms with Crippen LogP contribution in [-0.4, -0.2) is 32.2 Å². The van der Waals surface area contributed by atoms with Crippen molar-refractivity contribution in [2.75, 3.05) is 25.6 Å². The number of hydrogen-bond donors (Lipinski definition) is 1. The first-order valence-corrected chi connectivity index (χ1v) is 9.56. The van der Waals surface area contributed by atoms with Gasteiger partial charge < -0.3 is 19.5 Å². The predicted molar refractivity (Wildman–Crippen MR) is 108 cm³/mol. The van der Waals surface area contributed by atoms with E-state index in [0.29, 0.717) is 24.0 Å². The zero-order chi connectivity index (χ0) is 23.0. The zero-order valence-corrected chi connectivity index (χ0v) is 17.4. The molecule has 0 heterocycles. The molecule has 0 aliphatic carbocycles. The van der Waals surface area contributed by atoms with Crippen molar-refractivity contribution in [1.82, 2.24) is 0 Å². The summed E-state index contributed by atoms with van der Waals surface area (Å²) in [7, 11) is 1.42. The molecule has 0 fully saturated rings. The Morgan fingerprint density at radius 1 is 1.06 bits per heavy atom. The molecule has 0 aliphatic heterocycles. The number of para-hydroxylation sites is 1. The number of nitrogens with one attached hydrogen (secondary N) is 1. The van der Waals surface area contributed by atoms with E-state index in [1.165, 1.54) is 31.4 Å². The number of anilines is 1. The van der Waals surface area contributed by atoms with E-state index in [2.05, 4.69) is 19.2 Å². The molecule has 0 spiro atoms. The lowest BCUT2D eigenvalue weighted by Gasteiger charge is -2.14. The van der Waals surface area contributed by atoms with Crippen LogP contribution in [0.5, 0.6) is 11.5 Å². The molecule has 1 amide bonds. The Labute approximate surface area is 178 Å². The van der Waals surface area contributed by atoms with Gasteiger partial charge >= 0.3 is 12.1 Å². The molecule has 0 aromatic heterocycles. The first-order chi connectivity index (χ1) is 14.6. The van der Waals surface area contributed by atoms with Crippen LogP contribution in [0.25, 0.3) is 0 Å². The Hall–Kier alpha value is -3.23. The van der Waals surface area contributed by atoms with Crippen LogP contribution in [0.1, 0.15) is 36.2 Å². The quantitative estimate of drug-likeness (QED) is 0.561. The van der Waals surface area contributed by atoms with Gasteiger partial charge in [0, 0.05) is 0 Å². The van der Waals surface area contributed by atoms with Crippen molar-refractivity contribution in [3.05, 3.63) is 53.6 Å². The minimum Gasteiger partial charge on any atom is -0.493 e. The monoisotopic (exact) mass is 439 g/mol. The second-order valence-corrected chi connectivity index (χ2v) is 7.06. The molecule has 168 valence electrons. The van der Waals surface area contributed by atoms with Crippen LogP contribution in [0.15, 0.2) is 42.5 Å². The summed E-state index contributed by atoms with van der Waals surface area (Å²) in [4.78, 5) is 24.2. The third-order valence-electron chi connectivity index (χ3n) is 4.19. The molecule has 0 saturated carbocycles. The van der Waals surface area contributed by atoms with Crippen molar-refractivity contribution in [1.29, 1.82) is 0 Å². The molecule has 0 radical (unpaired) electrons. The number of amides is 1. The van der Waals surface area contributed by atoms with E-state index in [-0.39, 0.29) is 5.56 Å². The lowest BCUT2D eigenvalue weighted by Crippen LogP contribution is -2.22. The van der Waals surface area contributed by atoms with Crippen LogP contribution >= 0.6 is 0 Å². The number of hydrogen-bond acceptors (Lipinski definition) is 5. The highest BCUT2D eigenvalue weighted by Gasteiger charge is 2.33. The number of rotatable bonds is 9. The molecule has 2 aromatic carbocycles. The van der Waals surface area contributed by atoms with Crippen LogP contribution in [0.3, 0.4) is 0 Å². The van der Waals surface area contributed by atoms with Gasteiger partial charge in [-0.2, -0.15) is 13.2 Å². The average Bonchev–Trinajstić information content (AvgIpc) is 2.71. The van der Waals surface area contributed by atoms with Gasteiger partial charge in [-0.05, 0) is 42.7 Å². The second-order valence-electron chi connectivity index (χ2n) is 7.06. The third kappa shape index (κ3) is 7.20. The largest absolute Gasteiger partial charge is 0.493 e. The molecule has 0 bridgehead atoms. The molecule has 31 heavy (non-hydrogen) atoms. The lowest BCUT2D eigenvalue weighted by atomic mass is 10.1. The molecule has 9 heteroatoms. The lowest BCUT2D eigenvalue weighted by molar-refractivity contribution is -0.137. The minimum atomic E-state index is -4.63. The smallest absolute Gasteiger partial charge is 0.418 e. The normalized spacial score (nSPS) is 11.2. The van der Waals surface area contributed by atoms with Crippen molar-refractivity contribution in [3.8, 4) is 11.5 Å². The predicted octanol–water partition coefficient (Wildman–Crippen LogP) is 4.93. The van der Waals surface area contributed by atoms with Gasteiger partial charge in [0.1, 0.15) is 0 Å². The average molecular weight is 439 g/mol. The summed E-state index contributed by atoms with van der Waals surface area (Å²) in [6.45, 7) is 3.87. The Kier molecular flexibility index (Phi) is 8.30. The topological polar surface area (TPSA) is 73.9 Å². The van der Waals surface area contributed by atoms with E-state index in [1.54, 1.807) is 6.07 Å². The summed E-state index contributed by atoms with van der Waals surface area (Å²) in [5.74, 6) is -0.477. The van der Waals surface area contributed by atoms with Gasteiger partial charge in [-0.3, -0.25) is 4.79 Å². The summed E-state index contributed by atoms with van der Waals surface area (Å²) in [6.07, 6.45) is -3.78. The maximum Gasteiger partial charge on any atom is 0.418 e. The first-order valence-electron chi connectivity index (χ1n) is 9.56. The Morgan fingerprint density at radius 3 is 2.42 bits per heavy atom. The number of benzene rings is 2. The number of alkyl halides is 3. The molecule has 2 rings (SSSR count). The Bertz CT molecular complexity index is 912. The van der Waals surface area contributed by atoms with Gasteiger partial charge in [0.2, 0.25) is 0 Å². The highest BCUT2D eigenvalue weighted by Crippen LogP contribution is 2.34. The second kappa shape index (κ2) is 10.7. The number of carbonyl (C=O) groups is 2. The maximum atomic E-state index is 13.0. The Balaban J connectivity index is 1.97. The van der Waals surface area contributed by atoms with Gasteiger partial charge in [-0.15, -0.1) is 0 Å². The van der Waals surface area contributed by atoms with Crippen molar-refractivity contribution in [3.63, 3.8) is 0 Å². The van der Waals surface area contributed by atoms with E-state index in [4.69, 9.17) is 14.2 Å². The molecule has 0 saturated heterocycles. The zero-order valence-electron chi connectivity index (χ0n) is 17.4. The minimum absolute atomic E-state index is 0.108. The van der Waals surface area contributed by atoms with Crippen molar-refractivity contribution in [2.45, 2.75) is 26.4 Å². The van der Waals surface area contributed by atoms with Crippen LogP contribution in [0.4, 0.5) is 18.9 Å². The van der Waals surface area contributed by atoms with Crippen LogP contribution in [0, 0.1) is 5.92 Å². The number of esters is 1. The van der Waals surface area contributed by atoms with Gasteiger partial charge in [0.05, 0.1) is 30.5 Å². The third-order valence-corrected chi connectivity index (χ3v) is 4.19. The van der Waals surface area contributed by atoms with Crippen molar-refractivity contribution >= 4 is 17.6 Å². The SMILES string of the molecule is COc1cc(C(=O)OCC(=O)Nc2ccccc2C(F)(F)F)ccc1OCCC(C)C. The van der Waals surface area contributed by atoms with Gasteiger partial charge in [-0.25, -0.2) is 4.79 Å². The van der Waals surface area contributed by atoms with Crippen molar-refractivity contribution < 1.29 is 37.0 Å². The van der Waals surface area contributed by atoms with Crippen LogP contribution in [0.2, 0.25) is 0 Å². The molecule has 2 aromatic rings. The van der Waals surface area contributed by atoms with Gasteiger partial charge in [0.25, 0.3) is 5.91 Å². The highest BCUT2D eigenvalue weighted by atomic mass is 19.4. The molecule has 0 unspecified atom stereocenters. The number of halogens is 3. The summed E-state index contributed by atoms with van der Waals surface area (Å²) in [5.41, 5.74) is -1.30. The summed E-state index contributed by atoms with van der Waals surface area (Å²) < 4.78 is 54.8. The summed E-state index contributed by atoms with van der Waals surface area (Å²) in [5, 5.41) is 2.11. The number of carbonyl (C=O) groups excluding carboxylic acids is 2. The molecular weight excluding hydrogens is 415 g/mol. The van der Waals surface area contributed by atoms with E-state index in [1.807, 2.05) is 0 Å². The van der Waals surface area contributed by atoms with E-state index >= 15 is 0 Å². The van der Waals surface area contributed by atoms with Crippen molar-refractivity contribution in [2.24, 2.45) is 5.92 Å². The summed E-state index contributed by atoms with van der Waals surface area (Å²) in [6, 6.07) is 8.94. The maximum absolute atomic E-state index is 13.0. The fourth-order valence-corrected chi connectivity index (χ4v) is 2.56. The molecule has 1 N–H and O–H groups in total. The van der Waals surface area contributed by atoms with E-state index in [9.17, 15) is 22.8 Å². The fraction of sp³-hybridized carbons (Fsp3) is 0.364. The molecule has 6 nitrogen and oxygen atoms in total. The van der Waals surface area contributed by atoms with E-state index in [0.717, 1.165) is 18.6 Å². The first kappa shape index (κ1) is 24.0. The van der Waals surface area contributed by atoms with Gasteiger partial charge in [0.15, 0.2) is 18.1 Å². The standard InChI is InChI=1S/C22H24F3NO5/c1-14(2)10-11-30-18-9-8-15(12-19(18)29-3)21(28)31-13-20(27)26-17-7-5-4-6-16(17)22(23,24)25/h4-9,12,14H,10-11,13H2,1-3H3,(H,26,27). The molecule has 0 atom stereocenters. The van der Waals surface area contributed by atoms with Crippen LogP contribution in [-0.2, 0) is 15.7 Å². The fourth-order valence-electron chi connectivity index (χ4n) is 2.56. The number of ether oxygens (including phenoxy) is 3. The summed E-state index contributed by atoms with van der Waals surface area (Å²) >= 11 is 0. The van der Waals surface area contributed by atoms with Crippen LogP contribution < -0.4 is 14.8 Å². The molecular formula is C22H24F3NO5.